The molecule has 7 fully saturated rings. The first kappa shape index (κ1) is 10.9. The van der Waals surface area contributed by atoms with E-state index < -0.39 is 33.4 Å². The van der Waals surface area contributed by atoms with Gasteiger partial charge in [-0.25, -0.2) is 0 Å². The highest BCUT2D eigenvalue weighted by molar-refractivity contribution is 5.39. The number of nitro groups is 3. The van der Waals surface area contributed by atoms with E-state index in [0.717, 1.165) is 0 Å². The molecule has 0 N–H and O–H groups in total. The maximum absolute atomic E-state index is 11.6. The molecule has 0 amide bonds. The Hall–Kier alpha value is -1.80. The lowest BCUT2D eigenvalue weighted by Crippen LogP contribution is -2.52. The van der Waals surface area contributed by atoms with Crippen LogP contribution in [0.4, 0.5) is 0 Å². The normalized spacial score (nSPS) is 64.3. The van der Waals surface area contributed by atoms with E-state index in [0.29, 0.717) is 0 Å². The van der Waals surface area contributed by atoms with Crippen LogP contribution < -0.4 is 0 Å². The summed E-state index contributed by atoms with van der Waals surface area (Å²) in [5, 5.41) is 34.7. The molecule has 10 unspecified atom stereocenters. The van der Waals surface area contributed by atoms with Crippen molar-refractivity contribution in [3.8, 4) is 0 Å². The van der Waals surface area contributed by atoms with Gasteiger partial charge in [0.05, 0.1) is 9.85 Å². The largest absolute Gasteiger partial charge is 0.465 e. The number of hydrogen-bond acceptors (Lipinski definition) is 6. The Balaban J connectivity index is 1.61. The van der Waals surface area contributed by atoms with Crippen molar-refractivity contribution in [1.82, 2.24) is 0 Å². The average Bonchev–Trinajstić information content (AvgIpc) is 2.96. The van der Waals surface area contributed by atoms with Crippen LogP contribution in [0.2, 0.25) is 0 Å². The summed E-state index contributed by atoms with van der Waals surface area (Å²) in [6, 6.07) is -0.589. The van der Waals surface area contributed by atoms with Crippen molar-refractivity contribution in [2.24, 2.45) is 59.2 Å². The molecule has 0 spiro atoms. The maximum atomic E-state index is 11.6. The molecule has 10 atom stereocenters. The van der Waals surface area contributed by atoms with Crippen LogP contribution in [0.1, 0.15) is 0 Å². The molecule has 9 nitrogen and oxygen atoms in total. The summed E-state index contributed by atoms with van der Waals surface area (Å²) in [7, 11) is 0. The maximum Gasteiger partial charge on any atom is 0.465 e. The fourth-order valence-corrected chi connectivity index (χ4v) is 8.72. The summed E-state index contributed by atoms with van der Waals surface area (Å²) in [6.45, 7) is 0. The van der Waals surface area contributed by atoms with Gasteiger partial charge in [-0.1, -0.05) is 0 Å². The van der Waals surface area contributed by atoms with E-state index in [1.165, 1.54) is 0 Å². The third-order valence-electron chi connectivity index (χ3n) is 8.26. The summed E-state index contributed by atoms with van der Waals surface area (Å²) in [5.74, 6) is -1.30. The summed E-state index contributed by atoms with van der Waals surface area (Å²) < 4.78 is 0. The minimum absolute atomic E-state index is 0.0111. The minimum Gasteiger partial charge on any atom is -0.264 e. The number of nitrogens with zero attached hydrogens (tertiary/aromatic N) is 3. The second-order valence-corrected chi connectivity index (χ2v) is 7.74. The van der Waals surface area contributed by atoms with Gasteiger partial charge in [0, 0.05) is 16.8 Å². The fraction of sp³-hybridized carbons (Fsp3) is 1.00. The summed E-state index contributed by atoms with van der Waals surface area (Å²) in [5.41, 5.74) is -2.04. The molecule has 9 heteroatoms. The lowest BCUT2D eigenvalue weighted by Gasteiger charge is -2.42. The zero-order valence-electron chi connectivity index (χ0n) is 10.6. The van der Waals surface area contributed by atoms with Crippen LogP contribution in [0.5, 0.6) is 0 Å². The van der Waals surface area contributed by atoms with Crippen LogP contribution in [-0.4, -0.2) is 26.5 Å². The van der Waals surface area contributed by atoms with Crippen LogP contribution in [0.3, 0.4) is 0 Å². The van der Waals surface area contributed by atoms with E-state index >= 15 is 0 Å². The Labute approximate surface area is 117 Å². The molecule has 0 aromatic heterocycles. The molecule has 7 aliphatic rings. The third kappa shape index (κ3) is 0.643. The van der Waals surface area contributed by atoms with Crippen molar-refractivity contribution >= 4 is 0 Å². The number of hydrogen-bond donors (Lipinski definition) is 0. The van der Waals surface area contributed by atoms with Crippen molar-refractivity contribution in [3.05, 3.63) is 30.3 Å². The van der Waals surface area contributed by atoms with Crippen LogP contribution in [0, 0.1) is 89.5 Å². The van der Waals surface area contributed by atoms with Gasteiger partial charge in [-0.2, -0.15) is 0 Å². The van der Waals surface area contributed by atoms with Crippen molar-refractivity contribution in [2.45, 2.75) is 11.7 Å². The Morgan fingerprint density at radius 2 is 1.00 bits per heavy atom. The average molecular weight is 293 g/mol. The van der Waals surface area contributed by atoms with Gasteiger partial charge >= 0.3 is 5.66 Å². The molecule has 0 heterocycles. The highest BCUT2D eigenvalue weighted by Gasteiger charge is 3.03. The standard InChI is InChI=1S/C12H11N3O6/c16-13(17)11-7-1-2-4-3(1)9-5(7)6(8(2)11)10(4)12(9,14(18)19)15(20)21/h1-11H. The first-order valence-electron chi connectivity index (χ1n) is 7.38. The van der Waals surface area contributed by atoms with Gasteiger partial charge in [0.15, 0.2) is 0 Å². The monoisotopic (exact) mass is 293 g/mol. The van der Waals surface area contributed by atoms with Gasteiger partial charge in [-0.15, -0.1) is 0 Å². The van der Waals surface area contributed by atoms with Crippen LogP contribution >= 0.6 is 0 Å². The van der Waals surface area contributed by atoms with Gasteiger partial charge in [0.1, 0.15) is 11.8 Å². The smallest absolute Gasteiger partial charge is 0.264 e. The molecular weight excluding hydrogens is 282 g/mol. The molecule has 0 aliphatic heterocycles. The van der Waals surface area contributed by atoms with E-state index in [4.69, 9.17) is 0 Å². The highest BCUT2D eigenvalue weighted by atomic mass is 16.7. The van der Waals surface area contributed by atoms with Gasteiger partial charge in [-0.3, -0.25) is 30.3 Å². The van der Waals surface area contributed by atoms with Crippen molar-refractivity contribution < 1.29 is 14.8 Å². The fourth-order valence-electron chi connectivity index (χ4n) is 8.72. The minimum atomic E-state index is -2.04. The topological polar surface area (TPSA) is 129 Å². The van der Waals surface area contributed by atoms with Crippen molar-refractivity contribution in [1.29, 1.82) is 0 Å². The molecule has 0 aromatic rings. The molecule has 7 saturated carbocycles. The Morgan fingerprint density at radius 1 is 0.619 bits per heavy atom. The SMILES string of the molecule is O=[N+]([O-])C1C2C3C4C1C1C2C2C3C4C1C2([N+](=O)[O-])[N+](=O)[O-]. The van der Waals surface area contributed by atoms with Crippen LogP contribution in [-0.2, 0) is 0 Å². The van der Waals surface area contributed by atoms with Gasteiger partial charge in [-0.05, 0) is 35.5 Å². The summed E-state index contributed by atoms with van der Waals surface area (Å²) in [6.07, 6.45) is 0. The first-order chi connectivity index (χ1) is 9.95. The molecule has 7 rings (SSSR count). The zero-order valence-corrected chi connectivity index (χ0v) is 10.6. The van der Waals surface area contributed by atoms with E-state index in [9.17, 15) is 30.3 Å². The van der Waals surface area contributed by atoms with Gasteiger partial charge in [0.2, 0.25) is 6.04 Å². The predicted molar refractivity (Wildman–Crippen MR) is 62.4 cm³/mol. The van der Waals surface area contributed by atoms with Gasteiger partial charge in [0.25, 0.3) is 0 Å². The molecule has 0 radical (unpaired) electrons. The summed E-state index contributed by atoms with van der Waals surface area (Å²) >= 11 is 0. The van der Waals surface area contributed by atoms with Crippen molar-refractivity contribution in [2.75, 3.05) is 0 Å². The zero-order chi connectivity index (χ0) is 14.6. The second-order valence-electron chi connectivity index (χ2n) is 7.74. The Kier molecular flexibility index (Phi) is 1.30. The lowest BCUT2D eigenvalue weighted by molar-refractivity contribution is -0.809. The van der Waals surface area contributed by atoms with E-state index in [1.54, 1.807) is 0 Å². The van der Waals surface area contributed by atoms with Crippen LogP contribution in [0.25, 0.3) is 0 Å². The van der Waals surface area contributed by atoms with E-state index in [1.807, 2.05) is 0 Å². The molecule has 0 saturated heterocycles. The second kappa shape index (κ2) is 2.52. The quantitative estimate of drug-likeness (QED) is 0.413. The molecule has 110 valence electrons. The van der Waals surface area contributed by atoms with Gasteiger partial charge < -0.3 is 0 Å². The lowest BCUT2D eigenvalue weighted by atomic mass is 9.60. The van der Waals surface area contributed by atoms with E-state index in [-0.39, 0.29) is 52.3 Å². The predicted octanol–water partition coefficient (Wildman–Crippen LogP) is 0.125. The highest BCUT2D eigenvalue weighted by Crippen LogP contribution is 2.93. The first-order valence-corrected chi connectivity index (χ1v) is 7.38. The van der Waals surface area contributed by atoms with Crippen LogP contribution in [0.15, 0.2) is 0 Å². The number of rotatable bonds is 3. The third-order valence-corrected chi connectivity index (χ3v) is 8.26. The van der Waals surface area contributed by atoms with E-state index in [2.05, 4.69) is 0 Å². The Morgan fingerprint density at radius 3 is 1.33 bits per heavy atom. The molecule has 4 bridgehead atoms. The molecule has 7 aliphatic carbocycles. The Bertz CT molecular complexity index is 630. The molecule has 0 aromatic carbocycles. The molecular formula is C12H11N3O6. The van der Waals surface area contributed by atoms with Crippen molar-refractivity contribution in [3.63, 3.8) is 0 Å². The summed E-state index contributed by atoms with van der Waals surface area (Å²) in [4.78, 5) is 33.2. The molecule has 21 heavy (non-hydrogen) atoms.